The third-order valence-corrected chi connectivity index (χ3v) is 6.16. The molecule has 7 heteroatoms. The number of rotatable bonds is 8. The molecular formula is C19H25N3O3S. The van der Waals surface area contributed by atoms with E-state index >= 15 is 0 Å². The summed E-state index contributed by atoms with van der Waals surface area (Å²) in [5, 5.41) is 2.84. The molecule has 2 aromatic carbocycles. The average Bonchev–Trinajstić information content (AvgIpc) is 2.63. The van der Waals surface area contributed by atoms with Crippen molar-refractivity contribution in [1.29, 1.82) is 0 Å². The Morgan fingerprint density at radius 3 is 2.04 bits per heavy atom. The van der Waals surface area contributed by atoms with Gasteiger partial charge < -0.3 is 11.1 Å². The van der Waals surface area contributed by atoms with E-state index in [4.69, 9.17) is 5.73 Å². The minimum atomic E-state index is -3.46. The highest BCUT2D eigenvalue weighted by molar-refractivity contribution is 7.89. The molecule has 6 nitrogen and oxygen atoms in total. The van der Waals surface area contributed by atoms with Crippen LogP contribution in [0.4, 0.5) is 5.69 Å². The van der Waals surface area contributed by atoms with Crippen LogP contribution in [-0.2, 0) is 27.8 Å². The van der Waals surface area contributed by atoms with Gasteiger partial charge in [-0.1, -0.05) is 38.1 Å². The zero-order chi connectivity index (χ0) is 19.2. The quantitative estimate of drug-likeness (QED) is 0.692. The molecule has 0 aliphatic rings. The molecule has 0 radical (unpaired) electrons. The van der Waals surface area contributed by atoms with Gasteiger partial charge in [-0.05, 0) is 35.4 Å². The fourth-order valence-electron chi connectivity index (χ4n) is 2.58. The summed E-state index contributed by atoms with van der Waals surface area (Å²) in [4.78, 5) is 12.3. The molecule has 0 spiro atoms. The SMILES string of the molecule is CCN(CC)S(=O)(=O)c1ccc(CNC(=O)Cc2ccc(N)cc2)cc1. The van der Waals surface area contributed by atoms with Crippen LogP contribution in [0.5, 0.6) is 0 Å². The summed E-state index contributed by atoms with van der Waals surface area (Å²) in [5.74, 6) is -0.102. The first kappa shape index (κ1) is 19.9. The summed E-state index contributed by atoms with van der Waals surface area (Å²) < 4.78 is 26.3. The largest absolute Gasteiger partial charge is 0.399 e. The molecule has 0 aliphatic carbocycles. The van der Waals surface area contributed by atoms with E-state index in [9.17, 15) is 13.2 Å². The second-order valence-electron chi connectivity index (χ2n) is 5.93. The van der Waals surface area contributed by atoms with E-state index in [1.807, 2.05) is 26.0 Å². The standard InChI is InChI=1S/C19H25N3O3S/c1-3-22(4-2)26(24,25)18-11-7-16(8-12-18)14-21-19(23)13-15-5-9-17(20)10-6-15/h5-12H,3-4,13-14,20H2,1-2H3,(H,21,23). The Morgan fingerprint density at radius 2 is 1.50 bits per heavy atom. The van der Waals surface area contributed by atoms with E-state index in [0.29, 0.717) is 25.3 Å². The molecular weight excluding hydrogens is 350 g/mol. The van der Waals surface area contributed by atoms with Crippen molar-refractivity contribution in [3.05, 3.63) is 59.7 Å². The predicted octanol–water partition coefficient (Wildman–Crippen LogP) is 2.16. The first-order valence-electron chi connectivity index (χ1n) is 8.57. The van der Waals surface area contributed by atoms with Gasteiger partial charge >= 0.3 is 0 Å². The first-order chi connectivity index (χ1) is 12.4. The summed E-state index contributed by atoms with van der Waals surface area (Å²) in [6, 6.07) is 13.8. The number of hydrogen-bond acceptors (Lipinski definition) is 4. The highest BCUT2D eigenvalue weighted by Gasteiger charge is 2.21. The van der Waals surface area contributed by atoms with Gasteiger partial charge in [-0.25, -0.2) is 8.42 Å². The van der Waals surface area contributed by atoms with E-state index in [-0.39, 0.29) is 17.2 Å². The van der Waals surface area contributed by atoms with Gasteiger partial charge in [0.1, 0.15) is 0 Å². The number of sulfonamides is 1. The fraction of sp³-hybridized carbons (Fsp3) is 0.316. The molecule has 0 unspecified atom stereocenters. The maximum absolute atomic E-state index is 12.4. The van der Waals surface area contributed by atoms with Crippen molar-refractivity contribution in [2.45, 2.75) is 31.7 Å². The zero-order valence-electron chi connectivity index (χ0n) is 15.1. The van der Waals surface area contributed by atoms with Gasteiger partial charge in [0, 0.05) is 25.3 Å². The average molecular weight is 375 g/mol. The molecule has 0 saturated carbocycles. The number of anilines is 1. The zero-order valence-corrected chi connectivity index (χ0v) is 15.9. The van der Waals surface area contributed by atoms with Crippen LogP contribution in [0, 0.1) is 0 Å². The monoisotopic (exact) mass is 375 g/mol. The highest BCUT2D eigenvalue weighted by atomic mass is 32.2. The first-order valence-corrected chi connectivity index (χ1v) is 10.0. The number of carbonyl (C=O) groups excluding carboxylic acids is 1. The van der Waals surface area contributed by atoms with E-state index in [2.05, 4.69) is 5.32 Å². The second-order valence-corrected chi connectivity index (χ2v) is 7.87. The Bertz CT molecular complexity index is 827. The number of benzene rings is 2. The summed E-state index contributed by atoms with van der Waals surface area (Å²) in [7, 11) is -3.46. The summed E-state index contributed by atoms with van der Waals surface area (Å²) >= 11 is 0. The molecule has 0 atom stereocenters. The third-order valence-electron chi connectivity index (χ3n) is 4.10. The molecule has 3 N–H and O–H groups in total. The van der Waals surface area contributed by atoms with E-state index < -0.39 is 10.0 Å². The molecule has 2 aromatic rings. The van der Waals surface area contributed by atoms with Crippen molar-refractivity contribution in [3.8, 4) is 0 Å². The van der Waals surface area contributed by atoms with Gasteiger partial charge in [0.15, 0.2) is 0 Å². The smallest absolute Gasteiger partial charge is 0.243 e. The van der Waals surface area contributed by atoms with Crippen LogP contribution < -0.4 is 11.1 Å². The molecule has 0 bridgehead atoms. The topological polar surface area (TPSA) is 92.5 Å². The molecule has 0 saturated heterocycles. The van der Waals surface area contributed by atoms with Crippen molar-refractivity contribution in [3.63, 3.8) is 0 Å². The number of nitrogen functional groups attached to an aromatic ring is 1. The van der Waals surface area contributed by atoms with Crippen molar-refractivity contribution in [2.24, 2.45) is 0 Å². The number of nitrogens with two attached hydrogens (primary N) is 1. The summed E-state index contributed by atoms with van der Waals surface area (Å²) in [6.07, 6.45) is 0.273. The summed E-state index contributed by atoms with van der Waals surface area (Å²) in [5.41, 5.74) is 8.01. The van der Waals surface area contributed by atoms with Gasteiger partial charge in [0.25, 0.3) is 0 Å². The number of nitrogens with one attached hydrogen (secondary N) is 1. The van der Waals surface area contributed by atoms with Gasteiger partial charge in [-0.2, -0.15) is 4.31 Å². The van der Waals surface area contributed by atoms with Crippen LogP contribution >= 0.6 is 0 Å². The maximum Gasteiger partial charge on any atom is 0.243 e. The molecule has 0 heterocycles. The maximum atomic E-state index is 12.4. The van der Waals surface area contributed by atoms with Crippen LogP contribution in [0.25, 0.3) is 0 Å². The number of hydrogen-bond donors (Lipinski definition) is 2. The van der Waals surface area contributed by atoms with Crippen LogP contribution in [0.15, 0.2) is 53.4 Å². The number of nitrogens with zero attached hydrogens (tertiary/aromatic N) is 1. The molecule has 2 rings (SSSR count). The molecule has 0 aromatic heterocycles. The third kappa shape index (κ3) is 5.06. The van der Waals surface area contributed by atoms with Crippen LogP contribution in [0.1, 0.15) is 25.0 Å². The van der Waals surface area contributed by atoms with Crippen LogP contribution in [-0.4, -0.2) is 31.7 Å². The van der Waals surface area contributed by atoms with E-state index in [0.717, 1.165) is 11.1 Å². The minimum absolute atomic E-state index is 0.102. The second kappa shape index (κ2) is 8.82. The Labute approximate surface area is 155 Å². The Kier molecular flexibility index (Phi) is 6.76. The van der Waals surface area contributed by atoms with Crippen molar-refractivity contribution in [1.82, 2.24) is 9.62 Å². The fourth-order valence-corrected chi connectivity index (χ4v) is 4.03. The Hall–Kier alpha value is -2.38. The lowest BCUT2D eigenvalue weighted by Crippen LogP contribution is -2.30. The molecule has 1 amide bonds. The molecule has 0 aliphatic heterocycles. The summed E-state index contributed by atoms with van der Waals surface area (Å²) in [6.45, 7) is 4.83. The number of carbonyl (C=O) groups is 1. The lowest BCUT2D eigenvalue weighted by atomic mass is 10.1. The van der Waals surface area contributed by atoms with Crippen LogP contribution in [0.2, 0.25) is 0 Å². The number of amides is 1. The molecule has 0 fully saturated rings. The minimum Gasteiger partial charge on any atom is -0.399 e. The van der Waals surface area contributed by atoms with Gasteiger partial charge in [0.2, 0.25) is 15.9 Å². The van der Waals surface area contributed by atoms with Gasteiger partial charge in [-0.3, -0.25) is 4.79 Å². The normalized spacial score (nSPS) is 11.5. The lowest BCUT2D eigenvalue weighted by molar-refractivity contribution is -0.120. The van der Waals surface area contributed by atoms with E-state index in [1.165, 1.54) is 4.31 Å². The van der Waals surface area contributed by atoms with E-state index in [1.54, 1.807) is 36.4 Å². The molecule has 140 valence electrons. The lowest BCUT2D eigenvalue weighted by Gasteiger charge is -2.18. The Morgan fingerprint density at radius 1 is 0.962 bits per heavy atom. The predicted molar refractivity (Wildman–Crippen MR) is 103 cm³/mol. The van der Waals surface area contributed by atoms with Crippen molar-refractivity contribution >= 4 is 21.6 Å². The van der Waals surface area contributed by atoms with Crippen molar-refractivity contribution < 1.29 is 13.2 Å². The molecule has 26 heavy (non-hydrogen) atoms. The van der Waals surface area contributed by atoms with Gasteiger partial charge in [-0.15, -0.1) is 0 Å². The highest BCUT2D eigenvalue weighted by Crippen LogP contribution is 2.16. The Balaban J connectivity index is 1.94. The van der Waals surface area contributed by atoms with Crippen molar-refractivity contribution in [2.75, 3.05) is 18.8 Å². The van der Waals surface area contributed by atoms with Gasteiger partial charge in [0.05, 0.1) is 11.3 Å². The van der Waals surface area contributed by atoms with Crippen LogP contribution in [0.3, 0.4) is 0 Å².